The molecule has 1 aliphatic rings. The van der Waals surface area contributed by atoms with Crippen molar-refractivity contribution in [1.82, 2.24) is 4.72 Å². The van der Waals surface area contributed by atoms with E-state index in [9.17, 15) is 18.3 Å². The molecule has 4 rings (SSSR count). The van der Waals surface area contributed by atoms with Crippen molar-refractivity contribution in [3.8, 4) is 10.4 Å². The number of carboxylic acid groups (broad SMARTS) is 1. The normalized spacial score (nSPS) is 21.1. The number of hydrogen-bond acceptors (Lipinski definition) is 6. The second-order valence-corrected chi connectivity index (χ2v) is 10.3. The van der Waals surface area contributed by atoms with Gasteiger partial charge in [0.25, 0.3) is 10.0 Å². The second kappa shape index (κ2) is 7.14. The Bertz CT molecular complexity index is 1190. The molecule has 2 atom stereocenters. The molecule has 0 radical (unpaired) electrons. The van der Waals surface area contributed by atoms with Crippen molar-refractivity contribution in [2.24, 2.45) is 0 Å². The standard InChI is InChI=1S/C20H17ClN2O4S2/c21-14-6-4-12(5-7-14)17-8-9-18(28-17)29(26,27)23-20(19(24)25)11-16(20)13-2-1-3-15(22)10-13/h1-10,16,23H,11,22H2,(H,24,25)/p-1/t16-,20+/m1/s1. The van der Waals surface area contributed by atoms with E-state index in [0.717, 1.165) is 21.8 Å². The molecule has 1 aliphatic carbocycles. The minimum atomic E-state index is -4.06. The lowest BCUT2D eigenvalue weighted by molar-refractivity contribution is -0.309. The van der Waals surface area contributed by atoms with Crippen molar-refractivity contribution in [3.63, 3.8) is 0 Å². The minimum absolute atomic E-state index is 0.0290. The number of aliphatic carboxylic acids is 1. The molecule has 0 saturated heterocycles. The lowest BCUT2D eigenvalue weighted by Gasteiger charge is -2.20. The van der Waals surface area contributed by atoms with Crippen molar-refractivity contribution in [3.05, 3.63) is 71.2 Å². The second-order valence-electron chi connectivity index (χ2n) is 6.92. The highest BCUT2D eigenvalue weighted by atomic mass is 35.5. The van der Waals surface area contributed by atoms with Crippen LogP contribution in [0.3, 0.4) is 0 Å². The monoisotopic (exact) mass is 447 g/mol. The van der Waals surface area contributed by atoms with E-state index in [0.29, 0.717) is 16.3 Å². The first-order chi connectivity index (χ1) is 13.7. The van der Waals surface area contributed by atoms with Crippen LogP contribution >= 0.6 is 22.9 Å². The fraction of sp³-hybridized carbons (Fsp3) is 0.150. The Morgan fingerprint density at radius 2 is 1.90 bits per heavy atom. The van der Waals surface area contributed by atoms with E-state index in [-0.39, 0.29) is 10.6 Å². The molecule has 0 spiro atoms. The fourth-order valence-corrected chi connectivity index (χ4v) is 6.18. The summed E-state index contributed by atoms with van der Waals surface area (Å²) in [6.45, 7) is 0. The van der Waals surface area contributed by atoms with Crippen LogP contribution in [0, 0.1) is 0 Å². The first-order valence-corrected chi connectivity index (χ1v) is 11.4. The molecule has 2 aromatic carbocycles. The summed E-state index contributed by atoms with van der Waals surface area (Å²) in [5.74, 6) is -2.00. The maximum absolute atomic E-state index is 12.9. The van der Waals surface area contributed by atoms with E-state index in [4.69, 9.17) is 17.3 Å². The Morgan fingerprint density at radius 1 is 1.17 bits per heavy atom. The molecule has 9 heteroatoms. The number of anilines is 1. The van der Waals surface area contributed by atoms with Gasteiger partial charge in [0.1, 0.15) is 4.21 Å². The maximum atomic E-state index is 12.9. The lowest BCUT2D eigenvalue weighted by Crippen LogP contribution is -2.51. The number of sulfonamides is 1. The highest BCUT2D eigenvalue weighted by Gasteiger charge is 2.58. The molecule has 0 amide bonds. The predicted octanol–water partition coefficient (Wildman–Crippen LogP) is 2.61. The van der Waals surface area contributed by atoms with Crippen LogP contribution in [0.15, 0.2) is 64.9 Å². The molecule has 1 fully saturated rings. The topological polar surface area (TPSA) is 112 Å². The number of hydrogen-bond donors (Lipinski definition) is 2. The van der Waals surface area contributed by atoms with Crippen LogP contribution < -0.4 is 15.6 Å². The molecule has 0 aliphatic heterocycles. The molecule has 1 aromatic heterocycles. The number of rotatable bonds is 6. The lowest BCUT2D eigenvalue weighted by atomic mass is 10.1. The van der Waals surface area contributed by atoms with E-state index in [2.05, 4.69) is 4.72 Å². The number of nitrogens with one attached hydrogen (secondary N) is 1. The summed E-state index contributed by atoms with van der Waals surface area (Å²) in [5, 5.41) is 12.4. The molecule has 1 heterocycles. The van der Waals surface area contributed by atoms with Gasteiger partial charge in [0, 0.05) is 21.5 Å². The Labute approximate surface area is 177 Å². The molecule has 1 saturated carbocycles. The van der Waals surface area contributed by atoms with E-state index < -0.39 is 27.4 Å². The number of thiophene rings is 1. The fourth-order valence-electron chi connectivity index (χ4n) is 3.35. The molecule has 0 unspecified atom stereocenters. The first kappa shape index (κ1) is 19.9. The van der Waals surface area contributed by atoms with Gasteiger partial charge >= 0.3 is 0 Å². The largest absolute Gasteiger partial charge is 0.548 e. The van der Waals surface area contributed by atoms with Crippen molar-refractivity contribution in [2.45, 2.75) is 22.1 Å². The van der Waals surface area contributed by atoms with E-state index in [1.165, 1.54) is 6.07 Å². The van der Waals surface area contributed by atoms with Gasteiger partial charge in [0.15, 0.2) is 0 Å². The first-order valence-electron chi connectivity index (χ1n) is 8.68. The van der Waals surface area contributed by atoms with Gasteiger partial charge in [0.2, 0.25) is 0 Å². The van der Waals surface area contributed by atoms with E-state index in [1.54, 1.807) is 54.6 Å². The predicted molar refractivity (Wildman–Crippen MR) is 111 cm³/mol. The molecule has 150 valence electrons. The van der Waals surface area contributed by atoms with Gasteiger partial charge in [-0.2, -0.15) is 4.72 Å². The van der Waals surface area contributed by atoms with Gasteiger partial charge in [0.05, 0.1) is 11.5 Å². The number of carbonyl (C=O) groups is 1. The maximum Gasteiger partial charge on any atom is 0.250 e. The zero-order valence-corrected chi connectivity index (χ0v) is 17.4. The Hall–Kier alpha value is -2.39. The van der Waals surface area contributed by atoms with Crippen molar-refractivity contribution in [2.75, 3.05) is 5.73 Å². The highest BCUT2D eigenvalue weighted by molar-refractivity contribution is 7.91. The average molecular weight is 448 g/mol. The van der Waals surface area contributed by atoms with E-state index >= 15 is 0 Å². The summed E-state index contributed by atoms with van der Waals surface area (Å²) in [4.78, 5) is 12.6. The third-order valence-corrected chi connectivity index (χ3v) is 8.32. The van der Waals surface area contributed by atoms with Gasteiger partial charge in [-0.1, -0.05) is 35.9 Å². The summed E-state index contributed by atoms with van der Waals surface area (Å²) in [6.07, 6.45) is 0.105. The number of nitrogens with two attached hydrogens (primary N) is 1. The summed E-state index contributed by atoms with van der Waals surface area (Å²) in [5.41, 5.74) is 6.04. The van der Waals surface area contributed by atoms with Gasteiger partial charge in [-0.25, -0.2) is 8.42 Å². The Morgan fingerprint density at radius 3 is 2.55 bits per heavy atom. The van der Waals surface area contributed by atoms with Gasteiger partial charge in [-0.3, -0.25) is 0 Å². The molecular formula is C20H16ClN2O4S2-. The minimum Gasteiger partial charge on any atom is -0.548 e. The zero-order chi connectivity index (χ0) is 20.8. The molecule has 29 heavy (non-hydrogen) atoms. The van der Waals surface area contributed by atoms with E-state index in [1.807, 2.05) is 0 Å². The van der Waals surface area contributed by atoms with Crippen LogP contribution in [0.1, 0.15) is 17.9 Å². The zero-order valence-electron chi connectivity index (χ0n) is 15.0. The number of carboxylic acids is 1. The van der Waals surface area contributed by atoms with Crippen LogP contribution in [-0.2, 0) is 14.8 Å². The molecule has 3 aromatic rings. The Balaban J connectivity index is 1.61. The number of benzene rings is 2. The summed E-state index contributed by atoms with van der Waals surface area (Å²) in [7, 11) is -4.06. The van der Waals surface area contributed by atoms with Crippen LogP contribution in [0.2, 0.25) is 5.02 Å². The molecule has 3 N–H and O–H groups in total. The van der Waals surface area contributed by atoms with Crippen LogP contribution in [-0.4, -0.2) is 19.9 Å². The molecular weight excluding hydrogens is 432 g/mol. The van der Waals surface area contributed by atoms with Crippen LogP contribution in [0.4, 0.5) is 5.69 Å². The third-order valence-electron chi connectivity index (χ3n) is 4.93. The van der Waals surface area contributed by atoms with Gasteiger partial charge < -0.3 is 15.6 Å². The summed E-state index contributed by atoms with van der Waals surface area (Å²) >= 11 is 6.94. The smallest absolute Gasteiger partial charge is 0.250 e. The average Bonchev–Trinajstić information content (AvgIpc) is 3.16. The van der Waals surface area contributed by atoms with Gasteiger partial charge in [-0.05, 0) is 53.9 Å². The van der Waals surface area contributed by atoms with Crippen molar-refractivity contribution < 1.29 is 18.3 Å². The number of carbonyl (C=O) groups excluding carboxylic acids is 1. The quantitative estimate of drug-likeness (QED) is 0.564. The highest BCUT2D eigenvalue weighted by Crippen LogP contribution is 2.52. The van der Waals surface area contributed by atoms with Gasteiger partial charge in [-0.15, -0.1) is 11.3 Å². The van der Waals surface area contributed by atoms with Crippen LogP contribution in [0.25, 0.3) is 10.4 Å². The number of halogens is 1. The molecule has 6 nitrogen and oxygen atoms in total. The van der Waals surface area contributed by atoms with Crippen molar-refractivity contribution in [1.29, 1.82) is 0 Å². The van der Waals surface area contributed by atoms with Crippen molar-refractivity contribution >= 4 is 44.6 Å². The number of nitrogen functional groups attached to an aromatic ring is 1. The van der Waals surface area contributed by atoms with Crippen LogP contribution in [0.5, 0.6) is 0 Å². The summed E-state index contributed by atoms with van der Waals surface area (Å²) < 4.78 is 28.2. The SMILES string of the molecule is Nc1cccc([C@H]2C[C@@]2(NS(=O)(=O)c2ccc(-c3ccc(Cl)cc3)s2)C(=O)[O-])c1. The summed E-state index contributed by atoms with van der Waals surface area (Å²) in [6, 6.07) is 16.9. The third kappa shape index (κ3) is 3.76. The molecule has 0 bridgehead atoms. The Kier molecular flexibility index (Phi) is 4.90.